The smallest absolute Gasteiger partial charge is 0.159 e. The lowest BCUT2D eigenvalue weighted by molar-refractivity contribution is 0.669. The summed E-state index contributed by atoms with van der Waals surface area (Å²) in [5, 5.41) is 7.96. The standard InChI is InChI=1S/C40H26N4O/c1-3-11-25(12-4-1)38-42-39(26-13-5-2-6-14-26)44-40(43-38)29-21-22-30-27(23-29)16-9-17-31(30)32-18-10-20-34-36(32)37-35(45-34)24-28-15-7-8-19-33(28)41-37/h1-24,38H,(H,42,43,44). The van der Waals surface area contributed by atoms with Gasteiger partial charge in [0.2, 0.25) is 0 Å². The molecule has 1 atom stereocenters. The van der Waals surface area contributed by atoms with Crippen molar-refractivity contribution in [3.05, 3.63) is 162 Å². The van der Waals surface area contributed by atoms with E-state index in [-0.39, 0.29) is 6.17 Å². The van der Waals surface area contributed by atoms with Gasteiger partial charge in [-0.05, 0) is 51.7 Å². The van der Waals surface area contributed by atoms with Crippen LogP contribution < -0.4 is 5.32 Å². The van der Waals surface area contributed by atoms with Gasteiger partial charge in [-0.3, -0.25) is 0 Å². The van der Waals surface area contributed by atoms with Crippen molar-refractivity contribution in [1.82, 2.24) is 10.3 Å². The van der Waals surface area contributed by atoms with E-state index in [4.69, 9.17) is 19.4 Å². The molecule has 2 aromatic heterocycles. The summed E-state index contributed by atoms with van der Waals surface area (Å²) in [5.74, 6) is 1.51. The Labute approximate surface area is 259 Å². The van der Waals surface area contributed by atoms with E-state index in [0.717, 1.165) is 77.4 Å². The minimum absolute atomic E-state index is 0.244. The predicted octanol–water partition coefficient (Wildman–Crippen LogP) is 9.45. The van der Waals surface area contributed by atoms with Crippen molar-refractivity contribution in [2.75, 3.05) is 0 Å². The SMILES string of the molecule is c1ccc(C2=NC(c3ccccc3)NC(c3ccc4c(-c5cccc6oc7cc8ccccc8nc7c56)cccc4c3)=N2)cc1. The molecule has 0 saturated heterocycles. The summed E-state index contributed by atoms with van der Waals surface area (Å²) >= 11 is 0. The first-order valence-electron chi connectivity index (χ1n) is 15.1. The highest BCUT2D eigenvalue weighted by molar-refractivity contribution is 6.17. The molecule has 0 amide bonds. The molecule has 5 nitrogen and oxygen atoms in total. The van der Waals surface area contributed by atoms with Crippen LogP contribution in [-0.4, -0.2) is 16.7 Å². The van der Waals surface area contributed by atoms with Crippen LogP contribution in [0, 0.1) is 0 Å². The zero-order valence-electron chi connectivity index (χ0n) is 24.2. The number of aliphatic imine (C=N–C) groups is 2. The molecular formula is C40H26N4O. The van der Waals surface area contributed by atoms with Gasteiger partial charge >= 0.3 is 0 Å². The first-order chi connectivity index (χ1) is 22.3. The van der Waals surface area contributed by atoms with Crippen molar-refractivity contribution >= 4 is 55.4 Å². The van der Waals surface area contributed by atoms with Crippen molar-refractivity contribution in [3.63, 3.8) is 0 Å². The van der Waals surface area contributed by atoms with E-state index in [2.05, 4.69) is 90.2 Å². The normalized spacial score (nSPS) is 14.9. The Kier molecular flexibility index (Phi) is 5.81. The lowest BCUT2D eigenvalue weighted by Gasteiger charge is -2.24. The van der Waals surface area contributed by atoms with E-state index >= 15 is 0 Å². The van der Waals surface area contributed by atoms with Crippen LogP contribution in [0.3, 0.4) is 0 Å². The average Bonchev–Trinajstić information content (AvgIpc) is 3.48. The van der Waals surface area contributed by atoms with Crippen LogP contribution in [0.15, 0.2) is 160 Å². The molecule has 1 aliphatic heterocycles. The van der Waals surface area contributed by atoms with Crippen LogP contribution in [0.25, 0.3) is 54.9 Å². The number of fused-ring (bicyclic) bond motifs is 5. The second-order valence-corrected chi connectivity index (χ2v) is 11.3. The van der Waals surface area contributed by atoms with Gasteiger partial charge in [0.15, 0.2) is 11.4 Å². The van der Waals surface area contributed by atoms with E-state index in [1.165, 1.54) is 0 Å². The molecule has 45 heavy (non-hydrogen) atoms. The summed E-state index contributed by atoms with van der Waals surface area (Å²) in [6.45, 7) is 0. The van der Waals surface area contributed by atoms with Gasteiger partial charge in [0.05, 0.1) is 10.9 Å². The number of hydrogen-bond acceptors (Lipinski definition) is 5. The molecule has 3 heterocycles. The van der Waals surface area contributed by atoms with Crippen molar-refractivity contribution in [2.24, 2.45) is 9.98 Å². The van der Waals surface area contributed by atoms with E-state index in [9.17, 15) is 0 Å². The molecule has 0 spiro atoms. The number of nitrogens with zero attached hydrogens (tertiary/aromatic N) is 3. The molecule has 6 aromatic carbocycles. The van der Waals surface area contributed by atoms with E-state index in [1.54, 1.807) is 0 Å². The molecule has 1 N–H and O–H groups in total. The molecule has 1 aliphatic rings. The monoisotopic (exact) mass is 578 g/mol. The molecule has 8 aromatic rings. The Hall–Kier alpha value is -6.07. The van der Waals surface area contributed by atoms with Crippen LogP contribution in [0.4, 0.5) is 0 Å². The number of furan rings is 1. The molecule has 0 saturated carbocycles. The summed E-state index contributed by atoms with van der Waals surface area (Å²) < 4.78 is 6.33. The van der Waals surface area contributed by atoms with Crippen molar-refractivity contribution < 1.29 is 4.42 Å². The lowest BCUT2D eigenvalue weighted by atomic mass is 9.94. The summed E-state index contributed by atoms with van der Waals surface area (Å²) in [4.78, 5) is 15.0. The maximum atomic E-state index is 6.33. The highest BCUT2D eigenvalue weighted by Gasteiger charge is 2.22. The molecule has 0 bridgehead atoms. The molecule has 1 unspecified atom stereocenters. The molecule has 212 valence electrons. The van der Waals surface area contributed by atoms with Gasteiger partial charge in [-0.25, -0.2) is 15.0 Å². The van der Waals surface area contributed by atoms with Gasteiger partial charge in [-0.2, -0.15) is 0 Å². The number of amidine groups is 2. The van der Waals surface area contributed by atoms with Gasteiger partial charge < -0.3 is 9.73 Å². The van der Waals surface area contributed by atoms with Crippen molar-refractivity contribution in [3.8, 4) is 11.1 Å². The van der Waals surface area contributed by atoms with Crippen molar-refractivity contribution in [1.29, 1.82) is 0 Å². The molecule has 5 heteroatoms. The minimum Gasteiger partial charge on any atom is -0.454 e. The number of hydrogen-bond donors (Lipinski definition) is 1. The van der Waals surface area contributed by atoms with Gasteiger partial charge in [-0.15, -0.1) is 0 Å². The number of rotatable bonds is 4. The first-order valence-corrected chi connectivity index (χ1v) is 15.1. The Morgan fingerprint density at radius 3 is 2.22 bits per heavy atom. The number of aromatic nitrogens is 1. The maximum Gasteiger partial charge on any atom is 0.159 e. The molecule has 0 aliphatic carbocycles. The van der Waals surface area contributed by atoms with Crippen LogP contribution in [-0.2, 0) is 0 Å². The van der Waals surface area contributed by atoms with Crippen LogP contribution in [0.5, 0.6) is 0 Å². The number of benzene rings is 6. The van der Waals surface area contributed by atoms with Gasteiger partial charge in [-0.1, -0.05) is 121 Å². The summed E-state index contributed by atoms with van der Waals surface area (Å²) in [6.07, 6.45) is -0.244. The Morgan fingerprint density at radius 2 is 1.33 bits per heavy atom. The number of para-hydroxylation sites is 1. The molecule has 0 fully saturated rings. The Bertz CT molecular complexity index is 2460. The zero-order valence-corrected chi connectivity index (χ0v) is 24.2. The molecular weight excluding hydrogens is 552 g/mol. The quantitative estimate of drug-likeness (QED) is 0.226. The Morgan fingerprint density at radius 1 is 0.578 bits per heavy atom. The fourth-order valence-electron chi connectivity index (χ4n) is 6.34. The summed E-state index contributed by atoms with van der Waals surface area (Å²) in [7, 11) is 0. The number of nitrogens with one attached hydrogen (secondary N) is 1. The average molecular weight is 579 g/mol. The predicted molar refractivity (Wildman–Crippen MR) is 184 cm³/mol. The highest BCUT2D eigenvalue weighted by Crippen LogP contribution is 2.39. The fraction of sp³-hybridized carbons (Fsp3) is 0.0250. The largest absolute Gasteiger partial charge is 0.454 e. The van der Waals surface area contributed by atoms with Crippen LogP contribution >= 0.6 is 0 Å². The maximum absolute atomic E-state index is 6.33. The number of pyridine rings is 1. The van der Waals surface area contributed by atoms with Crippen LogP contribution in [0.1, 0.15) is 22.9 Å². The van der Waals surface area contributed by atoms with Gasteiger partial charge in [0, 0.05) is 16.5 Å². The lowest BCUT2D eigenvalue weighted by Crippen LogP contribution is -2.33. The topological polar surface area (TPSA) is 62.8 Å². The molecule has 0 radical (unpaired) electrons. The molecule has 9 rings (SSSR count). The summed E-state index contributed by atoms with van der Waals surface area (Å²) in [6, 6.07) is 50.0. The Balaban J connectivity index is 1.18. The third-order valence-electron chi connectivity index (χ3n) is 8.51. The highest BCUT2D eigenvalue weighted by atomic mass is 16.3. The van der Waals surface area contributed by atoms with Crippen molar-refractivity contribution in [2.45, 2.75) is 6.17 Å². The fourth-order valence-corrected chi connectivity index (χ4v) is 6.34. The zero-order chi connectivity index (χ0) is 29.7. The summed E-state index contributed by atoms with van der Waals surface area (Å²) in [5.41, 5.74) is 8.78. The minimum atomic E-state index is -0.244. The first kappa shape index (κ1) is 25.4. The van der Waals surface area contributed by atoms with E-state index in [1.807, 2.05) is 60.7 Å². The third kappa shape index (κ3) is 4.36. The van der Waals surface area contributed by atoms with Gasteiger partial charge in [0.25, 0.3) is 0 Å². The second-order valence-electron chi connectivity index (χ2n) is 11.3. The second kappa shape index (κ2) is 10.3. The van der Waals surface area contributed by atoms with E-state index < -0.39 is 0 Å². The third-order valence-corrected chi connectivity index (χ3v) is 8.51. The van der Waals surface area contributed by atoms with Gasteiger partial charge in [0.1, 0.15) is 23.1 Å². The van der Waals surface area contributed by atoms with E-state index in [0.29, 0.717) is 5.84 Å². The van der Waals surface area contributed by atoms with Crippen LogP contribution in [0.2, 0.25) is 0 Å².